The van der Waals surface area contributed by atoms with Crippen LogP contribution in [0.4, 0.5) is 0 Å². The van der Waals surface area contributed by atoms with E-state index in [0.717, 1.165) is 43.4 Å². The third-order valence-corrected chi connectivity index (χ3v) is 5.69. The summed E-state index contributed by atoms with van der Waals surface area (Å²) in [6.45, 7) is 0.0960. The van der Waals surface area contributed by atoms with Crippen molar-refractivity contribution in [3.8, 4) is 0 Å². The summed E-state index contributed by atoms with van der Waals surface area (Å²) in [5.41, 5.74) is 4.55. The number of rotatable bonds is 3. The monoisotopic (exact) mass is 336 g/mol. The van der Waals surface area contributed by atoms with Crippen LogP contribution in [0.15, 0.2) is 42.6 Å². The van der Waals surface area contributed by atoms with Gasteiger partial charge in [-0.25, -0.2) is 0 Å². The molecule has 25 heavy (non-hydrogen) atoms. The summed E-state index contributed by atoms with van der Waals surface area (Å²) in [4.78, 5) is 17.6. The molecule has 1 amide bonds. The summed E-state index contributed by atoms with van der Waals surface area (Å²) < 4.78 is 0. The topological polar surface area (TPSA) is 62.2 Å². The lowest BCUT2D eigenvalue weighted by Gasteiger charge is -2.34. The van der Waals surface area contributed by atoms with Gasteiger partial charge in [-0.3, -0.25) is 9.78 Å². The molecule has 0 radical (unpaired) electrons. The van der Waals surface area contributed by atoms with E-state index in [2.05, 4.69) is 28.5 Å². The van der Waals surface area contributed by atoms with Gasteiger partial charge in [0.15, 0.2) is 0 Å². The van der Waals surface area contributed by atoms with Crippen molar-refractivity contribution in [2.24, 2.45) is 5.92 Å². The number of carbonyl (C=O) groups excluding carboxylic acids is 1. The number of carbonyl (C=O) groups is 1. The van der Waals surface area contributed by atoms with Gasteiger partial charge in [0.2, 0.25) is 5.91 Å². The Morgan fingerprint density at radius 3 is 2.84 bits per heavy atom. The molecule has 0 unspecified atom stereocenters. The number of hydrogen-bond donors (Lipinski definition) is 2. The average Bonchev–Trinajstić information content (AvgIpc) is 2.67. The van der Waals surface area contributed by atoms with Crippen LogP contribution in [-0.4, -0.2) is 22.6 Å². The van der Waals surface area contributed by atoms with Crippen LogP contribution in [0, 0.1) is 5.92 Å². The van der Waals surface area contributed by atoms with Crippen LogP contribution in [0.2, 0.25) is 0 Å². The van der Waals surface area contributed by atoms with Crippen LogP contribution in [0.5, 0.6) is 0 Å². The zero-order chi connectivity index (χ0) is 17.2. The van der Waals surface area contributed by atoms with Gasteiger partial charge in [-0.2, -0.15) is 0 Å². The van der Waals surface area contributed by atoms with E-state index in [1.807, 2.05) is 18.2 Å². The zero-order valence-electron chi connectivity index (χ0n) is 14.3. The van der Waals surface area contributed by atoms with E-state index in [1.165, 1.54) is 11.1 Å². The number of nitrogens with one attached hydrogen (secondary N) is 1. The maximum Gasteiger partial charge on any atom is 0.229 e. The van der Waals surface area contributed by atoms with E-state index in [-0.39, 0.29) is 30.4 Å². The first-order valence-electron chi connectivity index (χ1n) is 9.20. The lowest BCUT2D eigenvalue weighted by molar-refractivity contribution is -0.124. The summed E-state index contributed by atoms with van der Waals surface area (Å²) in [5, 5.41) is 13.1. The number of fused-ring (bicyclic) bond motifs is 2. The first kappa shape index (κ1) is 16.3. The molecule has 1 aromatic carbocycles. The van der Waals surface area contributed by atoms with E-state index >= 15 is 0 Å². The molecule has 0 saturated carbocycles. The second-order valence-corrected chi connectivity index (χ2v) is 7.16. The minimum absolute atomic E-state index is 0.0415. The Morgan fingerprint density at radius 2 is 1.96 bits per heavy atom. The van der Waals surface area contributed by atoms with Gasteiger partial charge in [-0.05, 0) is 54.9 Å². The fourth-order valence-electron chi connectivity index (χ4n) is 4.34. The maximum atomic E-state index is 13.1. The minimum atomic E-state index is -0.182. The molecule has 2 aliphatic rings. The normalized spacial score (nSPS) is 24.9. The van der Waals surface area contributed by atoms with Crippen LogP contribution in [-0.2, 0) is 17.6 Å². The Bertz CT molecular complexity index is 774. The molecule has 2 aliphatic carbocycles. The molecule has 0 bridgehead atoms. The van der Waals surface area contributed by atoms with E-state index in [4.69, 9.17) is 0 Å². The summed E-state index contributed by atoms with van der Waals surface area (Å²) in [6, 6.07) is 12.2. The van der Waals surface area contributed by atoms with Crippen molar-refractivity contribution in [1.29, 1.82) is 0 Å². The lowest BCUT2D eigenvalue weighted by atomic mass is 9.79. The SMILES string of the molecule is O=C(N[C@@H]1c2ccccc2CC[C@@H]1CO)[C@@H]1CCCc2cccnc21. The third-order valence-electron chi connectivity index (χ3n) is 5.69. The van der Waals surface area contributed by atoms with Crippen LogP contribution in [0.25, 0.3) is 0 Å². The average molecular weight is 336 g/mol. The van der Waals surface area contributed by atoms with Crippen molar-refractivity contribution in [1.82, 2.24) is 10.3 Å². The molecule has 0 spiro atoms. The molecule has 1 aromatic heterocycles. The molecule has 1 heterocycles. The predicted molar refractivity (Wildman–Crippen MR) is 96.1 cm³/mol. The Hall–Kier alpha value is -2.20. The van der Waals surface area contributed by atoms with Gasteiger partial charge in [-0.15, -0.1) is 0 Å². The number of nitrogens with zero attached hydrogens (tertiary/aromatic N) is 1. The van der Waals surface area contributed by atoms with Gasteiger partial charge in [0.25, 0.3) is 0 Å². The Kier molecular flexibility index (Phi) is 4.53. The molecule has 4 heteroatoms. The van der Waals surface area contributed by atoms with Gasteiger partial charge >= 0.3 is 0 Å². The van der Waals surface area contributed by atoms with Crippen LogP contribution in [0.3, 0.4) is 0 Å². The molecule has 4 rings (SSSR count). The van der Waals surface area contributed by atoms with Gasteiger partial charge in [0.1, 0.15) is 0 Å². The molecule has 0 fully saturated rings. The number of pyridine rings is 1. The molecule has 130 valence electrons. The molecule has 2 N–H and O–H groups in total. The predicted octanol–water partition coefficient (Wildman–Crippen LogP) is 2.91. The van der Waals surface area contributed by atoms with Crippen molar-refractivity contribution < 1.29 is 9.90 Å². The van der Waals surface area contributed by atoms with Gasteiger partial charge in [0, 0.05) is 18.7 Å². The molecular weight excluding hydrogens is 312 g/mol. The van der Waals surface area contributed by atoms with Crippen molar-refractivity contribution >= 4 is 5.91 Å². The highest BCUT2D eigenvalue weighted by Crippen LogP contribution is 2.36. The number of aromatic nitrogens is 1. The Balaban J connectivity index is 1.60. The largest absolute Gasteiger partial charge is 0.396 e. The number of aryl methyl sites for hydroxylation is 2. The number of hydrogen-bond acceptors (Lipinski definition) is 3. The highest BCUT2D eigenvalue weighted by Gasteiger charge is 2.34. The van der Waals surface area contributed by atoms with E-state index in [9.17, 15) is 9.90 Å². The Morgan fingerprint density at radius 1 is 1.12 bits per heavy atom. The van der Waals surface area contributed by atoms with E-state index in [1.54, 1.807) is 6.20 Å². The summed E-state index contributed by atoms with van der Waals surface area (Å²) in [6.07, 6.45) is 6.49. The highest BCUT2D eigenvalue weighted by atomic mass is 16.3. The number of benzene rings is 1. The quantitative estimate of drug-likeness (QED) is 0.906. The molecule has 4 nitrogen and oxygen atoms in total. The third kappa shape index (κ3) is 3.07. The van der Waals surface area contributed by atoms with Crippen LogP contribution >= 0.6 is 0 Å². The minimum Gasteiger partial charge on any atom is -0.396 e. The molecule has 2 aromatic rings. The number of aliphatic hydroxyl groups is 1. The molecular formula is C21H24N2O2. The highest BCUT2D eigenvalue weighted by molar-refractivity contribution is 5.84. The van der Waals surface area contributed by atoms with Crippen molar-refractivity contribution in [3.05, 3.63) is 65.0 Å². The van der Waals surface area contributed by atoms with Crippen molar-refractivity contribution in [2.75, 3.05) is 6.61 Å². The fourth-order valence-corrected chi connectivity index (χ4v) is 4.34. The van der Waals surface area contributed by atoms with E-state index in [0.29, 0.717) is 0 Å². The van der Waals surface area contributed by atoms with Crippen molar-refractivity contribution in [3.63, 3.8) is 0 Å². The fraction of sp³-hybridized carbons (Fsp3) is 0.429. The second-order valence-electron chi connectivity index (χ2n) is 7.16. The number of aliphatic hydroxyl groups excluding tert-OH is 1. The Labute approximate surface area is 148 Å². The van der Waals surface area contributed by atoms with E-state index < -0.39 is 0 Å². The van der Waals surface area contributed by atoms with Crippen LogP contribution < -0.4 is 5.32 Å². The lowest BCUT2D eigenvalue weighted by Crippen LogP contribution is -2.41. The van der Waals surface area contributed by atoms with Gasteiger partial charge in [-0.1, -0.05) is 30.3 Å². The first-order valence-corrected chi connectivity index (χ1v) is 9.20. The van der Waals surface area contributed by atoms with Crippen LogP contribution in [0.1, 0.15) is 53.6 Å². The standard InChI is InChI=1S/C21H24N2O2/c24-13-16-11-10-14-5-1-2-8-17(14)20(16)23-21(25)18-9-3-6-15-7-4-12-22-19(15)18/h1-2,4-5,7-8,12,16,18,20,24H,3,6,9-11,13H2,(H,23,25)/t16-,18-,20+/m1/s1. The molecule has 0 saturated heterocycles. The second kappa shape index (κ2) is 6.96. The molecule has 3 atom stereocenters. The van der Waals surface area contributed by atoms with Gasteiger partial charge < -0.3 is 10.4 Å². The first-order chi connectivity index (χ1) is 12.3. The molecule has 0 aliphatic heterocycles. The van der Waals surface area contributed by atoms with Crippen molar-refractivity contribution in [2.45, 2.75) is 44.1 Å². The zero-order valence-corrected chi connectivity index (χ0v) is 14.3. The summed E-state index contributed by atoms with van der Waals surface area (Å²) in [7, 11) is 0. The number of amides is 1. The summed E-state index contributed by atoms with van der Waals surface area (Å²) >= 11 is 0. The maximum absolute atomic E-state index is 13.1. The smallest absolute Gasteiger partial charge is 0.229 e. The van der Waals surface area contributed by atoms with Gasteiger partial charge in [0.05, 0.1) is 17.7 Å². The summed E-state index contributed by atoms with van der Waals surface area (Å²) in [5.74, 6) is -0.0659.